The second kappa shape index (κ2) is 6.57. The highest BCUT2D eigenvalue weighted by Gasteiger charge is 2.16. The molecule has 0 atom stereocenters. The van der Waals surface area contributed by atoms with Crippen molar-refractivity contribution in [3.05, 3.63) is 29.3 Å². The zero-order chi connectivity index (χ0) is 13.7. The topological polar surface area (TPSA) is 38.8 Å². The van der Waals surface area contributed by atoms with Crippen molar-refractivity contribution >= 4 is 5.91 Å². The average Bonchev–Trinajstić information content (AvgIpc) is 2.43. The number of carbonyl (C=O) groups excluding carboxylic acids is 1. The van der Waals surface area contributed by atoms with Crippen LogP contribution < -0.4 is 4.74 Å². The smallest absolute Gasteiger partial charge is 0.226 e. The minimum absolute atomic E-state index is 0.147. The van der Waals surface area contributed by atoms with Crippen LogP contribution in [-0.2, 0) is 9.53 Å². The van der Waals surface area contributed by atoms with E-state index < -0.39 is 0 Å². The lowest BCUT2D eigenvalue weighted by Crippen LogP contribution is -2.41. The minimum atomic E-state index is 0.147. The lowest BCUT2D eigenvalue weighted by Gasteiger charge is -2.26. The Morgan fingerprint density at radius 1 is 1.32 bits per heavy atom. The predicted octanol–water partition coefficient (Wildman–Crippen LogP) is 1.93. The number of hydrogen-bond donors (Lipinski definition) is 0. The molecule has 4 heteroatoms. The van der Waals surface area contributed by atoms with Gasteiger partial charge in [-0.3, -0.25) is 4.79 Å². The predicted molar refractivity (Wildman–Crippen MR) is 73.4 cm³/mol. The van der Waals surface area contributed by atoms with Gasteiger partial charge in [-0.2, -0.15) is 0 Å². The molecule has 1 heterocycles. The lowest BCUT2D eigenvalue weighted by atomic mass is 10.1. The zero-order valence-corrected chi connectivity index (χ0v) is 11.6. The Bertz CT molecular complexity index is 439. The first kappa shape index (κ1) is 13.9. The van der Waals surface area contributed by atoms with Gasteiger partial charge in [-0.1, -0.05) is 12.1 Å². The number of nitrogens with zero attached hydrogens (tertiary/aromatic N) is 1. The van der Waals surface area contributed by atoms with E-state index in [1.165, 1.54) is 5.56 Å². The molecule has 0 bridgehead atoms. The van der Waals surface area contributed by atoms with Crippen LogP contribution in [0.5, 0.6) is 5.75 Å². The molecule has 0 spiro atoms. The summed E-state index contributed by atoms with van der Waals surface area (Å²) in [7, 11) is 0. The van der Waals surface area contributed by atoms with E-state index in [-0.39, 0.29) is 5.91 Å². The molecule has 1 aliphatic heterocycles. The van der Waals surface area contributed by atoms with Crippen molar-refractivity contribution in [1.29, 1.82) is 0 Å². The summed E-state index contributed by atoms with van der Waals surface area (Å²) in [5.41, 5.74) is 2.27. The third-order valence-corrected chi connectivity index (χ3v) is 3.28. The molecule has 2 rings (SSSR count). The third-order valence-electron chi connectivity index (χ3n) is 3.28. The van der Waals surface area contributed by atoms with E-state index in [4.69, 9.17) is 9.47 Å². The van der Waals surface area contributed by atoms with Crippen LogP contribution in [0.1, 0.15) is 17.5 Å². The molecular formula is C15H21NO3. The molecule has 1 fully saturated rings. The van der Waals surface area contributed by atoms with E-state index in [1.807, 2.05) is 30.9 Å². The lowest BCUT2D eigenvalue weighted by molar-refractivity contribution is -0.135. The maximum absolute atomic E-state index is 11.9. The molecule has 4 nitrogen and oxygen atoms in total. The number of amides is 1. The largest absolute Gasteiger partial charge is 0.493 e. The molecule has 104 valence electrons. The molecule has 1 aromatic carbocycles. The normalized spacial score (nSPS) is 15.4. The summed E-state index contributed by atoms with van der Waals surface area (Å²) < 4.78 is 10.9. The van der Waals surface area contributed by atoms with Gasteiger partial charge in [-0.25, -0.2) is 0 Å². The fraction of sp³-hybridized carbons (Fsp3) is 0.533. The maximum Gasteiger partial charge on any atom is 0.226 e. The monoisotopic (exact) mass is 263 g/mol. The van der Waals surface area contributed by atoms with E-state index in [0.717, 1.165) is 11.3 Å². The summed E-state index contributed by atoms with van der Waals surface area (Å²) >= 11 is 0. The summed E-state index contributed by atoms with van der Waals surface area (Å²) in [4.78, 5) is 13.8. The Kier molecular flexibility index (Phi) is 4.80. The van der Waals surface area contributed by atoms with Crippen LogP contribution in [0.2, 0.25) is 0 Å². The van der Waals surface area contributed by atoms with Crippen molar-refractivity contribution in [2.45, 2.75) is 20.3 Å². The highest BCUT2D eigenvalue weighted by Crippen LogP contribution is 2.19. The van der Waals surface area contributed by atoms with Gasteiger partial charge in [0.1, 0.15) is 5.75 Å². The Balaban J connectivity index is 1.79. The summed E-state index contributed by atoms with van der Waals surface area (Å²) in [5.74, 6) is 1.02. The molecule has 1 aromatic rings. The first-order valence-electron chi connectivity index (χ1n) is 6.72. The Labute approximate surface area is 114 Å². The zero-order valence-electron chi connectivity index (χ0n) is 11.6. The van der Waals surface area contributed by atoms with Gasteiger partial charge < -0.3 is 14.4 Å². The first-order valence-corrected chi connectivity index (χ1v) is 6.72. The van der Waals surface area contributed by atoms with Crippen LogP contribution in [0, 0.1) is 13.8 Å². The van der Waals surface area contributed by atoms with Gasteiger partial charge in [0, 0.05) is 13.1 Å². The Morgan fingerprint density at radius 2 is 2.05 bits per heavy atom. The van der Waals surface area contributed by atoms with Crippen LogP contribution in [0.25, 0.3) is 0 Å². The average molecular weight is 263 g/mol. The van der Waals surface area contributed by atoms with Crippen molar-refractivity contribution in [2.75, 3.05) is 32.9 Å². The minimum Gasteiger partial charge on any atom is -0.493 e. The number of ether oxygens (including phenoxy) is 2. The number of benzene rings is 1. The Hall–Kier alpha value is -1.55. The van der Waals surface area contributed by atoms with E-state index >= 15 is 0 Å². The number of hydrogen-bond acceptors (Lipinski definition) is 3. The number of morpholine rings is 1. The molecule has 0 radical (unpaired) electrons. The first-order chi connectivity index (χ1) is 9.16. The summed E-state index contributed by atoms with van der Waals surface area (Å²) in [6.07, 6.45) is 0.424. The molecular weight excluding hydrogens is 242 g/mol. The molecule has 0 unspecified atom stereocenters. The summed E-state index contributed by atoms with van der Waals surface area (Å²) in [6.45, 7) is 7.15. The fourth-order valence-electron chi connectivity index (χ4n) is 2.08. The molecule has 1 aliphatic rings. The third kappa shape index (κ3) is 3.96. The highest BCUT2D eigenvalue weighted by molar-refractivity contribution is 5.76. The quantitative estimate of drug-likeness (QED) is 0.833. The van der Waals surface area contributed by atoms with Gasteiger partial charge in [0.15, 0.2) is 0 Å². The van der Waals surface area contributed by atoms with E-state index in [2.05, 4.69) is 6.07 Å². The van der Waals surface area contributed by atoms with Crippen LogP contribution >= 0.6 is 0 Å². The van der Waals surface area contributed by atoms with E-state index in [9.17, 15) is 4.79 Å². The van der Waals surface area contributed by atoms with Crippen molar-refractivity contribution < 1.29 is 14.3 Å². The number of carbonyl (C=O) groups is 1. The van der Waals surface area contributed by atoms with Crippen LogP contribution in [0.15, 0.2) is 18.2 Å². The van der Waals surface area contributed by atoms with Crippen LogP contribution in [-0.4, -0.2) is 43.7 Å². The van der Waals surface area contributed by atoms with Crippen molar-refractivity contribution in [1.82, 2.24) is 4.90 Å². The van der Waals surface area contributed by atoms with Crippen LogP contribution in [0.3, 0.4) is 0 Å². The van der Waals surface area contributed by atoms with Gasteiger partial charge in [0.25, 0.3) is 0 Å². The molecule has 19 heavy (non-hydrogen) atoms. The second-order valence-corrected chi connectivity index (χ2v) is 4.86. The SMILES string of the molecule is Cc1ccc(C)c(OCCC(=O)N2CCOCC2)c1. The van der Waals surface area contributed by atoms with Gasteiger partial charge in [0.2, 0.25) is 5.91 Å². The van der Waals surface area contributed by atoms with E-state index in [0.29, 0.717) is 39.3 Å². The molecule has 0 N–H and O–H groups in total. The van der Waals surface area contributed by atoms with Gasteiger partial charge >= 0.3 is 0 Å². The fourth-order valence-corrected chi connectivity index (χ4v) is 2.08. The number of rotatable bonds is 4. The van der Waals surface area contributed by atoms with Crippen LogP contribution in [0.4, 0.5) is 0 Å². The van der Waals surface area contributed by atoms with Gasteiger partial charge in [-0.05, 0) is 31.0 Å². The molecule has 0 saturated carbocycles. The molecule has 0 aromatic heterocycles. The van der Waals surface area contributed by atoms with Crippen molar-refractivity contribution in [3.8, 4) is 5.75 Å². The summed E-state index contributed by atoms with van der Waals surface area (Å²) in [6, 6.07) is 6.10. The molecule has 1 amide bonds. The standard InChI is InChI=1S/C15H21NO3/c1-12-3-4-13(2)14(11-12)19-8-5-15(17)16-6-9-18-10-7-16/h3-4,11H,5-10H2,1-2H3. The maximum atomic E-state index is 11.9. The molecule has 1 saturated heterocycles. The highest BCUT2D eigenvalue weighted by atomic mass is 16.5. The van der Waals surface area contributed by atoms with Crippen molar-refractivity contribution in [2.24, 2.45) is 0 Å². The second-order valence-electron chi connectivity index (χ2n) is 4.86. The molecule has 0 aliphatic carbocycles. The van der Waals surface area contributed by atoms with E-state index in [1.54, 1.807) is 0 Å². The van der Waals surface area contributed by atoms with Crippen molar-refractivity contribution in [3.63, 3.8) is 0 Å². The van der Waals surface area contributed by atoms with Gasteiger partial charge in [-0.15, -0.1) is 0 Å². The summed E-state index contributed by atoms with van der Waals surface area (Å²) in [5, 5.41) is 0. The number of aryl methyl sites for hydroxylation is 2. The Morgan fingerprint density at radius 3 is 2.79 bits per heavy atom. The van der Waals surface area contributed by atoms with Gasteiger partial charge in [0.05, 0.1) is 26.2 Å².